The number of nitrogens with two attached hydrogens (primary N) is 2. The Morgan fingerprint density at radius 2 is 1.43 bits per heavy atom. The molecule has 7 heteroatoms. The van der Waals surface area contributed by atoms with Crippen LogP contribution in [0.25, 0.3) is 39.3 Å². The van der Waals surface area contributed by atoms with E-state index < -0.39 is 0 Å². The fraction of sp³-hybridized carbons (Fsp3) is 0.0476. The SMILES string of the molecule is C=Cc1ccc(-c2nc(N)c(-c3nnc(C)s3)nc2-c2ccc(N)cc2)cc1. The lowest BCUT2D eigenvalue weighted by atomic mass is 10.0. The smallest absolute Gasteiger partial charge is 0.170 e. The molecule has 0 unspecified atom stereocenters. The normalized spacial score (nSPS) is 10.8. The van der Waals surface area contributed by atoms with Crippen molar-refractivity contribution >= 4 is 28.9 Å². The highest BCUT2D eigenvalue weighted by Gasteiger charge is 2.18. The minimum Gasteiger partial charge on any atom is -0.399 e. The van der Waals surface area contributed by atoms with E-state index in [4.69, 9.17) is 16.5 Å². The van der Waals surface area contributed by atoms with E-state index in [0.717, 1.165) is 21.7 Å². The number of rotatable bonds is 4. The monoisotopic (exact) mass is 386 g/mol. The molecule has 0 aliphatic carbocycles. The van der Waals surface area contributed by atoms with E-state index in [1.807, 2.05) is 55.5 Å². The summed E-state index contributed by atoms with van der Waals surface area (Å²) in [6.07, 6.45) is 1.80. The van der Waals surface area contributed by atoms with Crippen LogP contribution in [-0.4, -0.2) is 20.2 Å². The molecule has 2 heterocycles. The minimum atomic E-state index is 0.318. The molecule has 4 rings (SSSR count). The minimum absolute atomic E-state index is 0.318. The maximum atomic E-state index is 6.26. The molecular formula is C21H18N6S. The van der Waals surface area contributed by atoms with Gasteiger partial charge in [-0.1, -0.05) is 60.4 Å². The first-order valence-electron chi connectivity index (χ1n) is 8.62. The lowest BCUT2D eigenvalue weighted by Crippen LogP contribution is -2.03. The van der Waals surface area contributed by atoms with E-state index in [1.54, 1.807) is 6.08 Å². The molecule has 28 heavy (non-hydrogen) atoms. The molecule has 4 N–H and O–H groups in total. The van der Waals surface area contributed by atoms with Crippen molar-refractivity contribution < 1.29 is 0 Å². The molecule has 0 bridgehead atoms. The van der Waals surface area contributed by atoms with Gasteiger partial charge in [0.25, 0.3) is 0 Å². The van der Waals surface area contributed by atoms with Gasteiger partial charge in [0.2, 0.25) is 0 Å². The lowest BCUT2D eigenvalue weighted by molar-refractivity contribution is 1.04. The van der Waals surface area contributed by atoms with Crippen molar-refractivity contribution in [2.45, 2.75) is 6.92 Å². The summed E-state index contributed by atoms with van der Waals surface area (Å²) in [6, 6.07) is 15.5. The third-order valence-electron chi connectivity index (χ3n) is 4.26. The van der Waals surface area contributed by atoms with Gasteiger partial charge < -0.3 is 11.5 Å². The van der Waals surface area contributed by atoms with Crippen LogP contribution in [0.5, 0.6) is 0 Å². The zero-order chi connectivity index (χ0) is 19.7. The maximum absolute atomic E-state index is 6.26. The number of benzene rings is 2. The van der Waals surface area contributed by atoms with Gasteiger partial charge in [-0.2, -0.15) is 0 Å². The second-order valence-electron chi connectivity index (χ2n) is 6.23. The molecule has 2 aromatic heterocycles. The van der Waals surface area contributed by atoms with Crippen LogP contribution in [0, 0.1) is 6.92 Å². The molecule has 0 aliphatic heterocycles. The topological polar surface area (TPSA) is 104 Å². The number of hydrogen-bond acceptors (Lipinski definition) is 7. The van der Waals surface area contributed by atoms with Crippen molar-refractivity contribution in [3.63, 3.8) is 0 Å². The van der Waals surface area contributed by atoms with Gasteiger partial charge in [-0.3, -0.25) is 0 Å². The Labute approximate surface area is 166 Å². The number of nitrogens with zero attached hydrogens (tertiary/aromatic N) is 4. The molecule has 0 radical (unpaired) electrons. The van der Waals surface area contributed by atoms with Gasteiger partial charge in [-0.25, -0.2) is 9.97 Å². The Morgan fingerprint density at radius 3 is 2.00 bits per heavy atom. The summed E-state index contributed by atoms with van der Waals surface area (Å²) in [7, 11) is 0. The van der Waals surface area contributed by atoms with Gasteiger partial charge in [0.15, 0.2) is 10.8 Å². The molecule has 0 spiro atoms. The molecule has 0 amide bonds. The van der Waals surface area contributed by atoms with Crippen molar-refractivity contribution in [2.75, 3.05) is 11.5 Å². The van der Waals surface area contributed by atoms with Crippen LogP contribution < -0.4 is 11.5 Å². The van der Waals surface area contributed by atoms with Gasteiger partial charge in [-0.05, 0) is 24.6 Å². The molecule has 0 fully saturated rings. The predicted octanol–water partition coefficient (Wildman–Crippen LogP) is 4.44. The van der Waals surface area contributed by atoms with Crippen LogP contribution in [0.3, 0.4) is 0 Å². The summed E-state index contributed by atoms with van der Waals surface area (Å²) in [4.78, 5) is 9.51. The molecule has 0 saturated carbocycles. The number of nitrogen functional groups attached to an aromatic ring is 2. The van der Waals surface area contributed by atoms with E-state index >= 15 is 0 Å². The average molecular weight is 386 g/mol. The van der Waals surface area contributed by atoms with Crippen molar-refractivity contribution in [1.82, 2.24) is 20.2 Å². The Morgan fingerprint density at radius 1 is 0.821 bits per heavy atom. The Hall–Kier alpha value is -3.58. The Kier molecular flexibility index (Phi) is 4.58. The third kappa shape index (κ3) is 3.35. The van der Waals surface area contributed by atoms with Gasteiger partial charge in [-0.15, -0.1) is 10.2 Å². The van der Waals surface area contributed by atoms with Gasteiger partial charge in [0.05, 0.1) is 11.4 Å². The zero-order valence-electron chi connectivity index (χ0n) is 15.3. The molecular weight excluding hydrogens is 368 g/mol. The fourth-order valence-corrected chi connectivity index (χ4v) is 3.51. The quantitative estimate of drug-likeness (QED) is 0.502. The van der Waals surface area contributed by atoms with Crippen LogP contribution in [0.1, 0.15) is 10.6 Å². The van der Waals surface area contributed by atoms with E-state index in [1.165, 1.54) is 11.3 Å². The molecule has 0 saturated heterocycles. The van der Waals surface area contributed by atoms with Crippen LogP contribution >= 0.6 is 11.3 Å². The van der Waals surface area contributed by atoms with Crippen molar-refractivity contribution in [3.8, 4) is 33.2 Å². The first-order chi connectivity index (χ1) is 13.5. The number of hydrogen-bond donors (Lipinski definition) is 2. The first kappa shape index (κ1) is 17.8. The van der Waals surface area contributed by atoms with Gasteiger partial charge >= 0.3 is 0 Å². The van der Waals surface area contributed by atoms with Crippen LogP contribution in [0.15, 0.2) is 55.1 Å². The highest BCUT2D eigenvalue weighted by atomic mass is 32.1. The Balaban J connectivity index is 1.94. The van der Waals surface area contributed by atoms with E-state index in [9.17, 15) is 0 Å². The average Bonchev–Trinajstić information content (AvgIpc) is 3.14. The summed E-state index contributed by atoms with van der Waals surface area (Å²) in [5.41, 5.74) is 17.6. The van der Waals surface area contributed by atoms with Crippen LogP contribution in [0.4, 0.5) is 11.5 Å². The molecule has 138 valence electrons. The number of aromatic nitrogens is 4. The second-order valence-corrected chi connectivity index (χ2v) is 7.41. The third-order valence-corrected chi connectivity index (χ3v) is 5.10. The molecule has 0 atom stereocenters. The molecule has 6 nitrogen and oxygen atoms in total. The molecule has 2 aromatic carbocycles. The summed E-state index contributed by atoms with van der Waals surface area (Å²) in [6.45, 7) is 5.69. The number of anilines is 2. The van der Waals surface area contributed by atoms with E-state index in [0.29, 0.717) is 33.6 Å². The van der Waals surface area contributed by atoms with E-state index in [-0.39, 0.29) is 0 Å². The van der Waals surface area contributed by atoms with Crippen molar-refractivity contribution in [2.24, 2.45) is 0 Å². The summed E-state index contributed by atoms with van der Waals surface area (Å²) in [5.74, 6) is 0.318. The fourth-order valence-electron chi connectivity index (χ4n) is 2.82. The molecule has 4 aromatic rings. The largest absolute Gasteiger partial charge is 0.399 e. The predicted molar refractivity (Wildman–Crippen MR) is 115 cm³/mol. The van der Waals surface area contributed by atoms with Crippen LogP contribution in [-0.2, 0) is 0 Å². The summed E-state index contributed by atoms with van der Waals surface area (Å²) in [5, 5.41) is 9.73. The van der Waals surface area contributed by atoms with Crippen LogP contribution in [0.2, 0.25) is 0 Å². The standard InChI is InChI=1S/C21H18N6S/c1-3-13-4-6-14(7-5-13)18-17(15-8-10-16(22)11-9-15)24-19(20(23)25-18)21-27-26-12(2)28-21/h3-11H,1,22H2,2H3,(H2,23,25). The zero-order valence-corrected chi connectivity index (χ0v) is 16.1. The molecule has 0 aliphatic rings. The first-order valence-corrected chi connectivity index (χ1v) is 9.43. The van der Waals surface area contributed by atoms with Gasteiger partial charge in [0.1, 0.15) is 10.7 Å². The number of aryl methyl sites for hydroxylation is 1. The van der Waals surface area contributed by atoms with Crippen molar-refractivity contribution in [1.29, 1.82) is 0 Å². The maximum Gasteiger partial charge on any atom is 0.170 e. The summed E-state index contributed by atoms with van der Waals surface area (Å²) >= 11 is 1.43. The van der Waals surface area contributed by atoms with E-state index in [2.05, 4.69) is 21.8 Å². The highest BCUT2D eigenvalue weighted by molar-refractivity contribution is 7.14. The Bertz CT molecular complexity index is 1150. The summed E-state index contributed by atoms with van der Waals surface area (Å²) < 4.78 is 0. The van der Waals surface area contributed by atoms with Gasteiger partial charge in [0, 0.05) is 16.8 Å². The lowest BCUT2D eigenvalue weighted by Gasteiger charge is -2.12. The van der Waals surface area contributed by atoms with Crippen molar-refractivity contribution in [3.05, 3.63) is 65.7 Å². The highest BCUT2D eigenvalue weighted by Crippen LogP contribution is 2.35. The second kappa shape index (κ2) is 7.21.